The minimum atomic E-state index is -0.310. The Kier molecular flexibility index (Phi) is 5.60. The molecule has 146 valence electrons. The van der Waals surface area contributed by atoms with Crippen molar-refractivity contribution in [1.82, 2.24) is 4.90 Å². The van der Waals surface area contributed by atoms with Gasteiger partial charge in [0.05, 0.1) is 18.1 Å². The van der Waals surface area contributed by atoms with Gasteiger partial charge < -0.3 is 4.74 Å². The van der Waals surface area contributed by atoms with E-state index in [0.717, 1.165) is 28.1 Å². The number of benzene rings is 3. The zero-order valence-electron chi connectivity index (χ0n) is 15.7. The van der Waals surface area contributed by atoms with E-state index in [-0.39, 0.29) is 17.7 Å². The van der Waals surface area contributed by atoms with Gasteiger partial charge in [0.15, 0.2) is 0 Å². The van der Waals surface area contributed by atoms with Gasteiger partial charge in [0.1, 0.15) is 5.75 Å². The summed E-state index contributed by atoms with van der Waals surface area (Å²) in [4.78, 5) is 27.2. The van der Waals surface area contributed by atoms with Gasteiger partial charge in [-0.05, 0) is 59.3 Å². The molecule has 4 rings (SSSR count). The van der Waals surface area contributed by atoms with Crippen LogP contribution in [0.5, 0.6) is 5.75 Å². The Labute approximate surface area is 178 Å². The first-order valence-electron chi connectivity index (χ1n) is 9.21. The van der Waals surface area contributed by atoms with Crippen molar-refractivity contribution in [2.24, 2.45) is 0 Å². The number of hydrogen-bond donors (Lipinski definition) is 0. The average molecular weight is 424 g/mol. The first-order chi connectivity index (χ1) is 14.1. The molecular formula is C23H18ClNO3S. The van der Waals surface area contributed by atoms with E-state index in [1.807, 2.05) is 49.4 Å². The number of hydrogen-bond acceptors (Lipinski definition) is 4. The second-order valence-corrected chi connectivity index (χ2v) is 7.95. The summed E-state index contributed by atoms with van der Waals surface area (Å²) in [5, 5.41) is 2.36. The van der Waals surface area contributed by atoms with Crippen LogP contribution in [-0.2, 0) is 11.3 Å². The molecule has 0 unspecified atom stereocenters. The van der Waals surface area contributed by atoms with Gasteiger partial charge in [-0.25, -0.2) is 0 Å². The molecule has 6 heteroatoms. The zero-order valence-corrected chi connectivity index (χ0v) is 17.3. The first-order valence-corrected chi connectivity index (χ1v) is 10.4. The fourth-order valence-electron chi connectivity index (χ4n) is 3.30. The van der Waals surface area contributed by atoms with E-state index in [1.165, 1.54) is 4.90 Å². The number of rotatable bonds is 5. The summed E-state index contributed by atoms with van der Waals surface area (Å²) >= 11 is 7.04. The third kappa shape index (κ3) is 4.02. The first kappa shape index (κ1) is 19.6. The summed E-state index contributed by atoms with van der Waals surface area (Å²) in [5.74, 6) is 0.313. The molecule has 1 aliphatic heterocycles. The number of nitrogens with zero attached hydrogens (tertiary/aromatic N) is 1. The van der Waals surface area contributed by atoms with Crippen molar-refractivity contribution < 1.29 is 14.3 Å². The fourth-order valence-corrected chi connectivity index (χ4v) is 4.31. The lowest BCUT2D eigenvalue weighted by Crippen LogP contribution is -2.27. The Morgan fingerprint density at radius 3 is 2.69 bits per heavy atom. The molecule has 0 spiro atoms. The van der Waals surface area contributed by atoms with Crippen molar-refractivity contribution in [3.63, 3.8) is 0 Å². The van der Waals surface area contributed by atoms with E-state index in [4.69, 9.17) is 16.3 Å². The molecule has 3 aromatic carbocycles. The Morgan fingerprint density at radius 2 is 1.86 bits per heavy atom. The smallest absolute Gasteiger partial charge is 0.293 e. The molecule has 1 heterocycles. The SMILES string of the molecule is CCOc1ccc(Cl)cc1/C=C1\SC(=O)N(Cc2cccc3ccccc23)C1=O. The van der Waals surface area contributed by atoms with E-state index in [1.54, 1.807) is 24.3 Å². The maximum atomic E-state index is 13.0. The van der Waals surface area contributed by atoms with Gasteiger partial charge in [-0.2, -0.15) is 0 Å². The molecule has 2 amide bonds. The van der Waals surface area contributed by atoms with Crippen LogP contribution >= 0.6 is 23.4 Å². The van der Waals surface area contributed by atoms with Crippen LogP contribution in [0.15, 0.2) is 65.6 Å². The molecule has 1 saturated heterocycles. The minimum absolute atomic E-state index is 0.233. The molecule has 0 saturated carbocycles. The Morgan fingerprint density at radius 1 is 1.07 bits per heavy atom. The van der Waals surface area contributed by atoms with Crippen molar-refractivity contribution in [3.05, 3.63) is 81.7 Å². The monoisotopic (exact) mass is 423 g/mol. The number of thioether (sulfide) groups is 1. The highest BCUT2D eigenvalue weighted by atomic mass is 35.5. The van der Waals surface area contributed by atoms with Gasteiger partial charge >= 0.3 is 0 Å². The van der Waals surface area contributed by atoms with Crippen molar-refractivity contribution in [1.29, 1.82) is 0 Å². The normalized spacial score (nSPS) is 15.5. The summed E-state index contributed by atoms with van der Waals surface area (Å²) in [6, 6.07) is 19.1. The second kappa shape index (κ2) is 8.31. The molecule has 3 aromatic rings. The molecule has 4 nitrogen and oxygen atoms in total. The van der Waals surface area contributed by atoms with E-state index < -0.39 is 0 Å². The molecule has 29 heavy (non-hydrogen) atoms. The van der Waals surface area contributed by atoms with Crippen molar-refractivity contribution >= 4 is 51.4 Å². The van der Waals surface area contributed by atoms with E-state index in [9.17, 15) is 9.59 Å². The molecule has 1 aliphatic rings. The molecule has 0 aromatic heterocycles. The Hall–Kier alpha value is -2.76. The lowest BCUT2D eigenvalue weighted by molar-refractivity contribution is -0.123. The van der Waals surface area contributed by atoms with Crippen LogP contribution in [-0.4, -0.2) is 22.7 Å². The van der Waals surface area contributed by atoms with E-state index in [0.29, 0.717) is 27.8 Å². The zero-order chi connectivity index (χ0) is 20.4. The quantitative estimate of drug-likeness (QED) is 0.463. The average Bonchev–Trinajstić information content (AvgIpc) is 2.98. The van der Waals surface area contributed by atoms with Crippen LogP contribution in [0.2, 0.25) is 5.02 Å². The Bertz CT molecular complexity index is 1140. The summed E-state index contributed by atoms with van der Waals surface area (Å²) < 4.78 is 5.61. The molecule has 0 bridgehead atoms. The molecular weight excluding hydrogens is 406 g/mol. The lowest BCUT2D eigenvalue weighted by Gasteiger charge is -2.14. The highest BCUT2D eigenvalue weighted by Gasteiger charge is 2.35. The van der Waals surface area contributed by atoms with Crippen molar-refractivity contribution in [2.75, 3.05) is 6.61 Å². The summed E-state index contributed by atoms with van der Waals surface area (Å²) in [6.45, 7) is 2.61. The maximum absolute atomic E-state index is 13.0. The standard InChI is InChI=1S/C23H18ClNO3S/c1-2-28-20-11-10-18(24)12-17(20)13-21-22(26)25(23(27)29-21)14-16-8-5-7-15-6-3-4-9-19(15)16/h3-13H,2,14H2,1H3/b21-13-. The van der Waals surface area contributed by atoms with Gasteiger partial charge in [0.25, 0.3) is 11.1 Å². The second-order valence-electron chi connectivity index (χ2n) is 6.52. The van der Waals surface area contributed by atoms with Crippen LogP contribution in [0, 0.1) is 0 Å². The summed E-state index contributed by atoms with van der Waals surface area (Å²) in [6.07, 6.45) is 1.67. The van der Waals surface area contributed by atoms with Crippen LogP contribution < -0.4 is 4.74 Å². The number of fused-ring (bicyclic) bond motifs is 1. The molecule has 0 N–H and O–H groups in total. The van der Waals surface area contributed by atoms with Gasteiger partial charge in [0, 0.05) is 10.6 Å². The minimum Gasteiger partial charge on any atom is -0.493 e. The third-order valence-corrected chi connectivity index (χ3v) is 5.78. The highest BCUT2D eigenvalue weighted by Crippen LogP contribution is 2.36. The fraction of sp³-hybridized carbons (Fsp3) is 0.130. The largest absolute Gasteiger partial charge is 0.493 e. The summed E-state index contributed by atoms with van der Waals surface area (Å²) in [7, 11) is 0. The molecule has 1 fully saturated rings. The number of amides is 2. The van der Waals surface area contributed by atoms with Crippen LogP contribution in [0.4, 0.5) is 4.79 Å². The van der Waals surface area contributed by atoms with Crippen LogP contribution in [0.1, 0.15) is 18.1 Å². The van der Waals surface area contributed by atoms with Crippen LogP contribution in [0.3, 0.4) is 0 Å². The highest BCUT2D eigenvalue weighted by molar-refractivity contribution is 8.18. The number of halogens is 1. The van der Waals surface area contributed by atoms with Gasteiger partial charge in [-0.3, -0.25) is 14.5 Å². The van der Waals surface area contributed by atoms with Crippen molar-refractivity contribution in [3.8, 4) is 5.75 Å². The predicted molar refractivity (Wildman–Crippen MR) is 118 cm³/mol. The van der Waals surface area contributed by atoms with Crippen LogP contribution in [0.25, 0.3) is 16.8 Å². The lowest BCUT2D eigenvalue weighted by atomic mass is 10.0. The molecule has 0 atom stereocenters. The number of carbonyl (C=O) groups is 2. The number of ether oxygens (including phenoxy) is 1. The molecule has 0 radical (unpaired) electrons. The van der Waals surface area contributed by atoms with Gasteiger partial charge in [0.2, 0.25) is 0 Å². The topological polar surface area (TPSA) is 46.6 Å². The third-order valence-electron chi connectivity index (χ3n) is 4.64. The summed E-state index contributed by atoms with van der Waals surface area (Å²) in [5.41, 5.74) is 1.61. The van der Waals surface area contributed by atoms with E-state index >= 15 is 0 Å². The molecule has 0 aliphatic carbocycles. The predicted octanol–water partition coefficient (Wildman–Crippen LogP) is 6.13. The maximum Gasteiger partial charge on any atom is 0.293 e. The van der Waals surface area contributed by atoms with Gasteiger partial charge in [-0.1, -0.05) is 54.1 Å². The Balaban J connectivity index is 1.64. The van der Waals surface area contributed by atoms with Crippen molar-refractivity contribution in [2.45, 2.75) is 13.5 Å². The number of carbonyl (C=O) groups excluding carboxylic acids is 2. The number of imide groups is 1. The van der Waals surface area contributed by atoms with Gasteiger partial charge in [-0.15, -0.1) is 0 Å². The van der Waals surface area contributed by atoms with E-state index in [2.05, 4.69) is 0 Å².